The number of amides is 1. The summed E-state index contributed by atoms with van der Waals surface area (Å²) in [6.45, 7) is 0. The second kappa shape index (κ2) is 5.03. The molecule has 0 radical (unpaired) electrons. The zero-order chi connectivity index (χ0) is 14.2. The van der Waals surface area contributed by atoms with Crippen LogP contribution in [0.15, 0.2) is 46.7 Å². The van der Waals surface area contributed by atoms with Gasteiger partial charge in [0.15, 0.2) is 9.84 Å². The van der Waals surface area contributed by atoms with Crippen molar-refractivity contribution in [2.45, 2.75) is 17.4 Å². The molecule has 104 valence electrons. The van der Waals surface area contributed by atoms with E-state index < -0.39 is 9.84 Å². The Hall–Kier alpha value is -1.66. The van der Waals surface area contributed by atoms with E-state index in [0.29, 0.717) is 21.8 Å². The van der Waals surface area contributed by atoms with Crippen LogP contribution in [0.5, 0.6) is 0 Å². The summed E-state index contributed by atoms with van der Waals surface area (Å²) in [4.78, 5) is 13.1. The SMILES string of the molecule is O=C(N[C@H]1CCS(=O)(=O)c2ccccc21)c1cccs1. The first-order chi connectivity index (χ1) is 9.58. The molecule has 1 aromatic heterocycles. The van der Waals surface area contributed by atoms with Crippen molar-refractivity contribution in [3.63, 3.8) is 0 Å². The lowest BCUT2D eigenvalue weighted by molar-refractivity contribution is 0.0938. The van der Waals surface area contributed by atoms with Crippen LogP contribution in [0.3, 0.4) is 0 Å². The average Bonchev–Trinajstić information content (AvgIpc) is 2.96. The van der Waals surface area contributed by atoms with Crippen LogP contribution >= 0.6 is 11.3 Å². The lowest BCUT2D eigenvalue weighted by Crippen LogP contribution is -2.33. The molecule has 0 spiro atoms. The number of nitrogens with one attached hydrogen (secondary N) is 1. The van der Waals surface area contributed by atoms with Gasteiger partial charge in [-0.3, -0.25) is 4.79 Å². The van der Waals surface area contributed by atoms with E-state index in [2.05, 4.69) is 5.32 Å². The van der Waals surface area contributed by atoms with Crippen LogP contribution in [0, 0.1) is 0 Å². The van der Waals surface area contributed by atoms with Gasteiger partial charge in [-0.05, 0) is 29.5 Å². The minimum absolute atomic E-state index is 0.0688. The van der Waals surface area contributed by atoms with Crippen molar-refractivity contribution in [3.05, 3.63) is 52.2 Å². The zero-order valence-corrected chi connectivity index (χ0v) is 12.2. The Labute approximate surface area is 121 Å². The van der Waals surface area contributed by atoms with E-state index in [1.807, 2.05) is 11.4 Å². The third kappa shape index (κ3) is 2.36. The van der Waals surface area contributed by atoms with Gasteiger partial charge in [0.1, 0.15) is 0 Å². The summed E-state index contributed by atoms with van der Waals surface area (Å²) in [5, 5.41) is 4.76. The first-order valence-corrected chi connectivity index (χ1v) is 8.77. The molecule has 1 aromatic carbocycles. The maximum absolute atomic E-state index is 12.1. The van der Waals surface area contributed by atoms with Crippen molar-refractivity contribution in [1.82, 2.24) is 5.32 Å². The Morgan fingerprint density at radius 2 is 2.00 bits per heavy atom. The molecule has 4 nitrogen and oxygen atoms in total. The minimum Gasteiger partial charge on any atom is -0.344 e. The molecule has 20 heavy (non-hydrogen) atoms. The van der Waals surface area contributed by atoms with Gasteiger partial charge in [-0.1, -0.05) is 24.3 Å². The second-order valence-corrected chi connectivity index (χ2v) is 7.67. The summed E-state index contributed by atoms with van der Waals surface area (Å²) < 4.78 is 24.0. The number of fused-ring (bicyclic) bond motifs is 1. The number of carbonyl (C=O) groups excluding carboxylic acids is 1. The lowest BCUT2D eigenvalue weighted by atomic mass is 10.0. The van der Waals surface area contributed by atoms with E-state index in [-0.39, 0.29) is 17.7 Å². The van der Waals surface area contributed by atoms with Crippen molar-refractivity contribution in [3.8, 4) is 0 Å². The van der Waals surface area contributed by atoms with Gasteiger partial charge in [-0.2, -0.15) is 0 Å². The Kier molecular flexibility index (Phi) is 3.35. The zero-order valence-electron chi connectivity index (χ0n) is 10.6. The molecule has 2 aromatic rings. The normalized spacial score (nSPS) is 20.1. The first kappa shape index (κ1) is 13.3. The molecule has 0 bridgehead atoms. The molecule has 0 aliphatic carbocycles. The smallest absolute Gasteiger partial charge is 0.261 e. The van der Waals surface area contributed by atoms with Crippen LogP contribution in [0.1, 0.15) is 27.7 Å². The van der Waals surface area contributed by atoms with Crippen molar-refractivity contribution in [1.29, 1.82) is 0 Å². The Morgan fingerprint density at radius 1 is 1.20 bits per heavy atom. The van der Waals surface area contributed by atoms with E-state index in [0.717, 1.165) is 0 Å². The molecule has 1 amide bonds. The van der Waals surface area contributed by atoms with Crippen molar-refractivity contribution >= 4 is 27.1 Å². The number of carbonyl (C=O) groups is 1. The second-order valence-electron chi connectivity index (χ2n) is 4.65. The number of sulfone groups is 1. The highest BCUT2D eigenvalue weighted by Gasteiger charge is 2.30. The van der Waals surface area contributed by atoms with E-state index >= 15 is 0 Å². The highest BCUT2D eigenvalue weighted by Crippen LogP contribution is 2.32. The fourth-order valence-electron chi connectivity index (χ4n) is 2.38. The summed E-state index contributed by atoms with van der Waals surface area (Å²) in [7, 11) is -3.21. The van der Waals surface area contributed by atoms with E-state index in [1.54, 1.807) is 30.3 Å². The van der Waals surface area contributed by atoms with Crippen LogP contribution in [-0.4, -0.2) is 20.1 Å². The summed E-state index contributed by atoms with van der Waals surface area (Å²) >= 11 is 1.37. The predicted molar refractivity (Wildman–Crippen MR) is 77.6 cm³/mol. The molecule has 6 heteroatoms. The van der Waals surface area contributed by atoms with Crippen LogP contribution in [-0.2, 0) is 9.84 Å². The molecular weight excluding hydrogens is 294 g/mol. The van der Waals surface area contributed by atoms with E-state index in [1.165, 1.54) is 11.3 Å². The van der Waals surface area contributed by atoms with Gasteiger partial charge in [0.25, 0.3) is 5.91 Å². The van der Waals surface area contributed by atoms with Gasteiger partial charge >= 0.3 is 0 Å². The summed E-state index contributed by atoms with van der Waals surface area (Å²) in [5.74, 6) is -0.0848. The van der Waals surface area contributed by atoms with Crippen LogP contribution in [0.4, 0.5) is 0 Å². The van der Waals surface area contributed by atoms with Crippen LogP contribution in [0.25, 0.3) is 0 Å². The largest absolute Gasteiger partial charge is 0.344 e. The average molecular weight is 307 g/mol. The standard InChI is InChI=1S/C14H13NO3S2/c16-14(12-5-3-8-19-12)15-11-7-9-20(17,18)13-6-2-1-4-10(11)13/h1-6,8,11H,7,9H2,(H,15,16)/t11-/m0/s1. The van der Waals surface area contributed by atoms with Crippen molar-refractivity contribution in [2.75, 3.05) is 5.75 Å². The minimum atomic E-state index is -3.21. The molecule has 1 aliphatic heterocycles. The number of rotatable bonds is 2. The number of thiophene rings is 1. The molecule has 0 unspecified atom stereocenters. The predicted octanol–water partition coefficient (Wildman–Crippen LogP) is 2.40. The fourth-order valence-corrected chi connectivity index (χ4v) is 4.63. The summed E-state index contributed by atoms with van der Waals surface area (Å²) in [6, 6.07) is 10.2. The molecule has 0 fully saturated rings. The Morgan fingerprint density at radius 3 is 2.75 bits per heavy atom. The monoisotopic (exact) mass is 307 g/mol. The van der Waals surface area contributed by atoms with Gasteiger partial charge in [0.2, 0.25) is 0 Å². The molecule has 1 atom stereocenters. The van der Waals surface area contributed by atoms with E-state index in [9.17, 15) is 13.2 Å². The van der Waals surface area contributed by atoms with Gasteiger partial charge in [0.05, 0.1) is 21.6 Å². The number of hydrogen-bond donors (Lipinski definition) is 1. The maximum atomic E-state index is 12.1. The topological polar surface area (TPSA) is 63.2 Å². The summed E-state index contributed by atoms with van der Waals surface area (Å²) in [6.07, 6.45) is 0.413. The highest BCUT2D eigenvalue weighted by molar-refractivity contribution is 7.91. The van der Waals surface area contributed by atoms with Gasteiger partial charge in [-0.15, -0.1) is 11.3 Å². The molecule has 1 aliphatic rings. The van der Waals surface area contributed by atoms with Gasteiger partial charge < -0.3 is 5.32 Å². The molecular formula is C14H13NO3S2. The summed E-state index contributed by atoms with van der Waals surface area (Å²) in [5.41, 5.74) is 0.684. The van der Waals surface area contributed by atoms with Gasteiger partial charge in [-0.25, -0.2) is 8.42 Å². The quantitative estimate of drug-likeness (QED) is 0.926. The fraction of sp³-hybridized carbons (Fsp3) is 0.214. The highest BCUT2D eigenvalue weighted by atomic mass is 32.2. The Balaban J connectivity index is 1.91. The van der Waals surface area contributed by atoms with Crippen molar-refractivity contribution < 1.29 is 13.2 Å². The van der Waals surface area contributed by atoms with Crippen molar-refractivity contribution in [2.24, 2.45) is 0 Å². The maximum Gasteiger partial charge on any atom is 0.261 e. The first-order valence-electron chi connectivity index (χ1n) is 6.24. The number of hydrogen-bond acceptors (Lipinski definition) is 4. The molecule has 3 rings (SSSR count). The molecule has 2 heterocycles. The number of benzene rings is 1. The lowest BCUT2D eigenvalue weighted by Gasteiger charge is -2.26. The third-order valence-electron chi connectivity index (χ3n) is 3.36. The Bertz CT molecular complexity index is 736. The molecule has 0 saturated heterocycles. The molecule has 0 saturated carbocycles. The molecule has 1 N–H and O–H groups in total. The third-order valence-corrected chi connectivity index (χ3v) is 6.04. The van der Waals surface area contributed by atoms with E-state index in [4.69, 9.17) is 0 Å². The van der Waals surface area contributed by atoms with Gasteiger partial charge in [0, 0.05) is 0 Å². The van der Waals surface area contributed by atoms with Crippen LogP contribution < -0.4 is 5.32 Å². The van der Waals surface area contributed by atoms with Crippen LogP contribution in [0.2, 0.25) is 0 Å².